The number of H-pyrrole nitrogens is 1. The van der Waals surface area contributed by atoms with Gasteiger partial charge in [0.2, 0.25) is 0 Å². The summed E-state index contributed by atoms with van der Waals surface area (Å²) in [4.78, 5) is 7.70. The molecule has 0 aliphatic rings. The van der Waals surface area contributed by atoms with Gasteiger partial charge in [-0.3, -0.25) is 0 Å². The summed E-state index contributed by atoms with van der Waals surface area (Å²) in [7, 11) is 1.70. The molecular weight excluding hydrogens is 282 g/mol. The number of pyridine rings is 1. The number of hydrogen-bond donors (Lipinski definition) is 1. The number of ether oxygens (including phenoxy) is 1. The SMILES string of the molecule is COc1ccccc1CCn1c(=S)[nH]c2c(C)ccnc21. The van der Waals surface area contributed by atoms with Crippen molar-refractivity contribution in [2.24, 2.45) is 0 Å². The molecule has 1 N–H and O–H groups in total. The van der Waals surface area contributed by atoms with Crippen LogP contribution in [0.3, 0.4) is 0 Å². The van der Waals surface area contributed by atoms with Gasteiger partial charge >= 0.3 is 0 Å². The Kier molecular flexibility index (Phi) is 3.75. The fourth-order valence-corrected chi connectivity index (χ4v) is 2.80. The first-order valence-corrected chi connectivity index (χ1v) is 7.27. The van der Waals surface area contributed by atoms with Gasteiger partial charge in [-0.25, -0.2) is 4.98 Å². The number of nitrogens with zero attached hydrogens (tertiary/aromatic N) is 2. The van der Waals surface area contributed by atoms with E-state index >= 15 is 0 Å². The predicted molar refractivity (Wildman–Crippen MR) is 86.4 cm³/mol. The summed E-state index contributed by atoms with van der Waals surface area (Å²) in [5.41, 5.74) is 4.25. The first-order valence-electron chi connectivity index (χ1n) is 6.86. The van der Waals surface area contributed by atoms with Crippen LogP contribution in [0.1, 0.15) is 11.1 Å². The molecule has 3 rings (SSSR count). The normalized spacial score (nSPS) is 11.0. The number of imidazole rings is 1. The molecule has 1 aromatic carbocycles. The van der Waals surface area contributed by atoms with E-state index in [9.17, 15) is 0 Å². The molecule has 0 atom stereocenters. The Labute approximate surface area is 128 Å². The maximum atomic E-state index is 5.43. The molecule has 0 saturated heterocycles. The lowest BCUT2D eigenvalue weighted by molar-refractivity contribution is 0.408. The van der Waals surface area contributed by atoms with E-state index in [0.717, 1.165) is 35.4 Å². The van der Waals surface area contributed by atoms with E-state index in [-0.39, 0.29) is 0 Å². The number of aromatic amines is 1. The van der Waals surface area contributed by atoms with Gasteiger partial charge in [-0.15, -0.1) is 0 Å². The number of para-hydroxylation sites is 1. The topological polar surface area (TPSA) is 42.8 Å². The lowest BCUT2D eigenvalue weighted by Crippen LogP contribution is -2.03. The predicted octanol–water partition coefficient (Wildman–Crippen LogP) is 3.65. The number of hydrogen-bond acceptors (Lipinski definition) is 3. The monoisotopic (exact) mass is 299 g/mol. The summed E-state index contributed by atoms with van der Waals surface area (Å²) in [6.07, 6.45) is 2.67. The molecule has 3 aromatic rings. The number of fused-ring (bicyclic) bond motifs is 1. The lowest BCUT2D eigenvalue weighted by Gasteiger charge is -2.09. The number of aryl methyl sites for hydroxylation is 3. The maximum absolute atomic E-state index is 5.43. The minimum Gasteiger partial charge on any atom is -0.496 e. The van der Waals surface area contributed by atoms with Gasteiger partial charge in [-0.1, -0.05) is 18.2 Å². The highest BCUT2D eigenvalue weighted by Crippen LogP contribution is 2.20. The smallest absolute Gasteiger partial charge is 0.179 e. The van der Waals surface area contributed by atoms with Crippen molar-refractivity contribution >= 4 is 23.4 Å². The molecule has 5 heteroatoms. The third-order valence-corrected chi connectivity index (χ3v) is 3.99. The van der Waals surface area contributed by atoms with Gasteiger partial charge < -0.3 is 14.3 Å². The molecular formula is C16H17N3OS. The van der Waals surface area contributed by atoms with Crippen LogP contribution in [0.4, 0.5) is 0 Å². The third-order valence-electron chi connectivity index (χ3n) is 3.67. The zero-order chi connectivity index (χ0) is 14.8. The summed E-state index contributed by atoms with van der Waals surface area (Å²) < 4.78 is 8.15. The van der Waals surface area contributed by atoms with Crippen molar-refractivity contribution in [1.82, 2.24) is 14.5 Å². The van der Waals surface area contributed by atoms with Crippen molar-refractivity contribution in [1.29, 1.82) is 0 Å². The standard InChI is InChI=1S/C16H17N3OS/c1-11-7-9-17-15-14(11)18-16(21)19(15)10-8-12-5-3-4-6-13(12)20-2/h3-7,9H,8,10H2,1-2H3,(H,18,21). The second-order valence-corrected chi connectivity index (χ2v) is 5.36. The summed E-state index contributed by atoms with van der Waals surface area (Å²) in [5.74, 6) is 0.910. The van der Waals surface area contributed by atoms with E-state index in [2.05, 4.69) is 23.0 Å². The summed E-state index contributed by atoms with van der Waals surface area (Å²) >= 11 is 5.43. The average Bonchev–Trinajstić information content (AvgIpc) is 2.83. The highest BCUT2D eigenvalue weighted by molar-refractivity contribution is 7.71. The molecule has 21 heavy (non-hydrogen) atoms. The molecule has 0 bridgehead atoms. The molecule has 0 spiro atoms. The van der Waals surface area contributed by atoms with Crippen LogP contribution in [0, 0.1) is 11.7 Å². The van der Waals surface area contributed by atoms with Crippen LogP contribution >= 0.6 is 12.2 Å². The maximum Gasteiger partial charge on any atom is 0.179 e. The summed E-state index contributed by atoms with van der Waals surface area (Å²) in [6, 6.07) is 10.0. The highest BCUT2D eigenvalue weighted by Gasteiger charge is 2.09. The molecule has 2 heterocycles. The quantitative estimate of drug-likeness (QED) is 0.748. The third kappa shape index (κ3) is 2.56. The van der Waals surface area contributed by atoms with Gasteiger partial charge in [0.25, 0.3) is 0 Å². The number of aromatic nitrogens is 3. The van der Waals surface area contributed by atoms with Crippen LogP contribution in [-0.2, 0) is 13.0 Å². The van der Waals surface area contributed by atoms with E-state index in [1.54, 1.807) is 7.11 Å². The van der Waals surface area contributed by atoms with Gasteiger partial charge in [-0.2, -0.15) is 0 Å². The molecule has 0 aliphatic carbocycles. The van der Waals surface area contributed by atoms with Crippen molar-refractivity contribution < 1.29 is 4.74 Å². The number of rotatable bonds is 4. The molecule has 0 aliphatic heterocycles. The van der Waals surface area contributed by atoms with Gasteiger partial charge in [0.1, 0.15) is 5.75 Å². The Balaban J connectivity index is 1.94. The molecule has 0 fully saturated rings. The number of methoxy groups -OCH3 is 1. The zero-order valence-electron chi connectivity index (χ0n) is 12.1. The second-order valence-electron chi connectivity index (χ2n) is 4.97. The fourth-order valence-electron chi connectivity index (χ4n) is 2.52. The Bertz CT molecular complexity index is 835. The lowest BCUT2D eigenvalue weighted by atomic mass is 10.1. The van der Waals surface area contributed by atoms with Crippen molar-refractivity contribution in [3.63, 3.8) is 0 Å². The van der Waals surface area contributed by atoms with Crippen LogP contribution in [0.15, 0.2) is 36.5 Å². The van der Waals surface area contributed by atoms with Crippen LogP contribution in [0.2, 0.25) is 0 Å². The van der Waals surface area contributed by atoms with Crippen LogP contribution in [0.25, 0.3) is 11.2 Å². The fraction of sp³-hybridized carbons (Fsp3) is 0.250. The van der Waals surface area contributed by atoms with Gasteiger partial charge in [0.05, 0.1) is 12.6 Å². The largest absolute Gasteiger partial charge is 0.496 e. The molecule has 2 aromatic heterocycles. The zero-order valence-corrected chi connectivity index (χ0v) is 12.9. The van der Waals surface area contributed by atoms with E-state index in [0.29, 0.717) is 4.77 Å². The Morgan fingerprint density at radius 2 is 2.10 bits per heavy atom. The van der Waals surface area contributed by atoms with Crippen molar-refractivity contribution in [3.05, 3.63) is 52.4 Å². The first kappa shape index (κ1) is 13.8. The van der Waals surface area contributed by atoms with E-state index in [1.165, 1.54) is 5.56 Å². The number of nitrogens with one attached hydrogen (secondary N) is 1. The minimum atomic E-state index is 0.710. The Morgan fingerprint density at radius 1 is 1.29 bits per heavy atom. The summed E-state index contributed by atoms with van der Waals surface area (Å²) in [6.45, 7) is 2.83. The van der Waals surface area contributed by atoms with E-state index < -0.39 is 0 Å². The summed E-state index contributed by atoms with van der Waals surface area (Å²) in [5, 5.41) is 0. The Morgan fingerprint density at radius 3 is 2.90 bits per heavy atom. The molecule has 0 unspecified atom stereocenters. The van der Waals surface area contributed by atoms with Crippen LogP contribution < -0.4 is 4.74 Å². The average molecular weight is 299 g/mol. The van der Waals surface area contributed by atoms with Gasteiger partial charge in [0, 0.05) is 12.7 Å². The molecule has 0 radical (unpaired) electrons. The van der Waals surface area contributed by atoms with Crippen molar-refractivity contribution in [3.8, 4) is 5.75 Å². The Hall–Kier alpha value is -2.14. The first-order chi connectivity index (χ1) is 10.2. The molecule has 0 amide bonds. The molecule has 0 saturated carbocycles. The van der Waals surface area contributed by atoms with Gasteiger partial charge in [-0.05, 0) is 48.8 Å². The molecule has 4 nitrogen and oxygen atoms in total. The van der Waals surface area contributed by atoms with E-state index in [1.807, 2.05) is 35.0 Å². The number of benzene rings is 1. The van der Waals surface area contributed by atoms with Crippen molar-refractivity contribution in [2.75, 3.05) is 7.11 Å². The minimum absolute atomic E-state index is 0.710. The van der Waals surface area contributed by atoms with Crippen molar-refractivity contribution in [2.45, 2.75) is 19.9 Å². The molecule has 108 valence electrons. The van der Waals surface area contributed by atoms with Crippen LogP contribution in [-0.4, -0.2) is 21.6 Å². The van der Waals surface area contributed by atoms with Gasteiger partial charge in [0.15, 0.2) is 10.4 Å². The highest BCUT2D eigenvalue weighted by atomic mass is 32.1. The van der Waals surface area contributed by atoms with Crippen LogP contribution in [0.5, 0.6) is 5.75 Å². The second kappa shape index (κ2) is 5.69. The van der Waals surface area contributed by atoms with E-state index in [4.69, 9.17) is 17.0 Å².